The SMILES string of the molecule is C1=CC2C=CC1C2.Nc1cccc2ccccc12.O=Cc1cccc2ccccc12. The predicted octanol–water partition coefficient (Wildman–Crippen LogP) is 6.82. The maximum atomic E-state index is 10.6. The molecule has 2 heteroatoms. The largest absolute Gasteiger partial charge is 0.398 e. The van der Waals surface area contributed by atoms with Crippen LogP contribution in [0.3, 0.4) is 0 Å². The van der Waals surface area contributed by atoms with Crippen LogP contribution in [-0.2, 0) is 0 Å². The molecule has 0 fully saturated rings. The molecule has 4 aromatic rings. The first-order chi connectivity index (χ1) is 14.7. The van der Waals surface area contributed by atoms with E-state index in [9.17, 15) is 4.79 Å². The zero-order valence-electron chi connectivity index (χ0n) is 16.8. The van der Waals surface area contributed by atoms with E-state index in [2.05, 4.69) is 36.4 Å². The summed E-state index contributed by atoms with van der Waals surface area (Å²) in [6, 6.07) is 27.7. The molecule has 0 atom stereocenters. The summed E-state index contributed by atoms with van der Waals surface area (Å²) in [5.74, 6) is 1.62. The predicted molar refractivity (Wildman–Crippen MR) is 128 cm³/mol. The van der Waals surface area contributed by atoms with Gasteiger partial charge in [-0.05, 0) is 40.5 Å². The first-order valence-electron chi connectivity index (χ1n) is 10.3. The molecule has 0 aromatic heterocycles. The fourth-order valence-electron chi connectivity index (χ4n) is 3.93. The van der Waals surface area contributed by atoms with Gasteiger partial charge in [-0.3, -0.25) is 4.79 Å². The van der Waals surface area contributed by atoms with E-state index in [1.54, 1.807) is 0 Å². The third-order valence-corrected chi connectivity index (χ3v) is 5.53. The molecule has 2 bridgehead atoms. The number of rotatable bonds is 1. The van der Waals surface area contributed by atoms with Crippen LogP contribution in [0, 0.1) is 11.8 Å². The molecular formula is C28H25NO. The molecule has 0 spiro atoms. The van der Waals surface area contributed by atoms with Gasteiger partial charge in [-0.15, -0.1) is 0 Å². The average molecular weight is 392 g/mol. The van der Waals surface area contributed by atoms with Crippen molar-refractivity contribution in [3.63, 3.8) is 0 Å². The van der Waals surface area contributed by atoms with Crippen molar-refractivity contribution in [3.05, 3.63) is 115 Å². The molecule has 148 valence electrons. The maximum Gasteiger partial charge on any atom is 0.150 e. The lowest BCUT2D eigenvalue weighted by atomic mass is 10.1. The Morgan fingerprint density at radius 1 is 0.633 bits per heavy atom. The van der Waals surface area contributed by atoms with Crippen LogP contribution < -0.4 is 5.73 Å². The van der Waals surface area contributed by atoms with Crippen LogP contribution in [0.4, 0.5) is 5.69 Å². The number of aldehydes is 1. The molecule has 2 aliphatic rings. The van der Waals surface area contributed by atoms with Gasteiger partial charge >= 0.3 is 0 Å². The van der Waals surface area contributed by atoms with Crippen molar-refractivity contribution in [3.8, 4) is 0 Å². The Bertz CT molecular complexity index is 1180. The van der Waals surface area contributed by atoms with E-state index in [4.69, 9.17) is 5.73 Å². The highest BCUT2D eigenvalue weighted by Crippen LogP contribution is 2.31. The van der Waals surface area contributed by atoms with Gasteiger partial charge in [-0.2, -0.15) is 0 Å². The Morgan fingerprint density at radius 2 is 1.13 bits per heavy atom. The van der Waals surface area contributed by atoms with Crippen LogP contribution in [-0.4, -0.2) is 6.29 Å². The van der Waals surface area contributed by atoms with Crippen LogP contribution in [0.2, 0.25) is 0 Å². The van der Waals surface area contributed by atoms with Crippen molar-refractivity contribution in [2.75, 3.05) is 5.73 Å². The summed E-state index contributed by atoms with van der Waals surface area (Å²) >= 11 is 0. The van der Waals surface area contributed by atoms with Gasteiger partial charge < -0.3 is 5.73 Å². The monoisotopic (exact) mass is 391 g/mol. The summed E-state index contributed by atoms with van der Waals surface area (Å²) in [5, 5.41) is 4.47. The Hall–Kier alpha value is -3.65. The van der Waals surface area contributed by atoms with Crippen molar-refractivity contribution in [1.29, 1.82) is 0 Å². The van der Waals surface area contributed by atoms with Gasteiger partial charge in [0, 0.05) is 16.6 Å². The van der Waals surface area contributed by atoms with E-state index in [1.165, 1.54) is 11.8 Å². The highest BCUT2D eigenvalue weighted by Gasteiger charge is 2.19. The fourth-order valence-corrected chi connectivity index (χ4v) is 3.93. The van der Waals surface area contributed by atoms with Crippen LogP contribution in [0.1, 0.15) is 16.8 Å². The molecule has 0 saturated heterocycles. The van der Waals surface area contributed by atoms with E-state index in [1.807, 2.05) is 72.8 Å². The molecular weight excluding hydrogens is 366 g/mol. The van der Waals surface area contributed by atoms with E-state index in [-0.39, 0.29) is 0 Å². The number of fused-ring (bicyclic) bond motifs is 4. The Labute approximate surface area is 177 Å². The van der Waals surface area contributed by atoms with Crippen molar-refractivity contribution in [1.82, 2.24) is 0 Å². The zero-order chi connectivity index (χ0) is 20.8. The topological polar surface area (TPSA) is 43.1 Å². The molecule has 0 saturated carbocycles. The highest BCUT2D eigenvalue weighted by atomic mass is 16.1. The van der Waals surface area contributed by atoms with Gasteiger partial charge in [0.1, 0.15) is 0 Å². The molecule has 0 amide bonds. The molecule has 6 rings (SSSR count). The first kappa shape index (κ1) is 19.7. The summed E-state index contributed by atoms with van der Waals surface area (Å²) < 4.78 is 0. The average Bonchev–Trinajstić information content (AvgIpc) is 3.46. The standard InChI is InChI=1S/C11H8O.C10H9N.C7H8/c12-8-10-6-3-5-9-4-1-2-7-11(9)10;11-10-7-3-5-8-4-1-2-6-9(8)10;1-2-7-4-3-6(1)5-7/h1-8H;1-7H,11H2;1-4,6-7H,5H2. The van der Waals surface area contributed by atoms with Crippen molar-refractivity contribution >= 4 is 33.5 Å². The Balaban J connectivity index is 0.000000112. The number of carbonyl (C=O) groups is 1. The molecule has 30 heavy (non-hydrogen) atoms. The molecule has 0 aliphatic heterocycles. The number of carbonyl (C=O) groups excluding carboxylic acids is 1. The van der Waals surface area contributed by atoms with Gasteiger partial charge in [0.2, 0.25) is 0 Å². The second kappa shape index (κ2) is 9.23. The number of anilines is 1. The summed E-state index contributed by atoms with van der Waals surface area (Å²) in [7, 11) is 0. The van der Waals surface area contributed by atoms with E-state index < -0.39 is 0 Å². The minimum absolute atomic E-state index is 0.758. The van der Waals surface area contributed by atoms with Gasteiger partial charge in [-0.25, -0.2) is 0 Å². The summed E-state index contributed by atoms with van der Waals surface area (Å²) in [6.07, 6.45) is 11.4. The quantitative estimate of drug-likeness (QED) is 0.220. The fraction of sp³-hybridized carbons (Fsp3) is 0.107. The third kappa shape index (κ3) is 4.49. The lowest BCUT2D eigenvalue weighted by molar-refractivity contribution is 0.112. The van der Waals surface area contributed by atoms with Gasteiger partial charge in [-0.1, -0.05) is 103 Å². The first-order valence-corrected chi connectivity index (χ1v) is 10.3. The molecule has 0 unspecified atom stereocenters. The third-order valence-electron chi connectivity index (χ3n) is 5.53. The summed E-state index contributed by atoms with van der Waals surface area (Å²) in [5.41, 5.74) is 7.36. The Kier molecular flexibility index (Phi) is 6.05. The second-order valence-electron chi connectivity index (χ2n) is 7.59. The Morgan fingerprint density at radius 3 is 1.67 bits per heavy atom. The molecule has 0 heterocycles. The lowest BCUT2D eigenvalue weighted by Crippen LogP contribution is -1.84. The van der Waals surface area contributed by atoms with Gasteiger partial charge in [0.25, 0.3) is 0 Å². The highest BCUT2D eigenvalue weighted by molar-refractivity contribution is 5.97. The maximum absolute atomic E-state index is 10.6. The van der Waals surface area contributed by atoms with Gasteiger partial charge in [0.05, 0.1) is 0 Å². The summed E-state index contributed by atoms with van der Waals surface area (Å²) in [6.45, 7) is 0. The van der Waals surface area contributed by atoms with Crippen molar-refractivity contribution in [2.24, 2.45) is 11.8 Å². The minimum Gasteiger partial charge on any atom is -0.398 e. The molecule has 2 nitrogen and oxygen atoms in total. The lowest BCUT2D eigenvalue weighted by Gasteiger charge is -1.98. The number of hydrogen-bond acceptors (Lipinski definition) is 2. The minimum atomic E-state index is 0.758. The molecule has 4 aromatic carbocycles. The van der Waals surface area contributed by atoms with E-state index >= 15 is 0 Å². The summed E-state index contributed by atoms with van der Waals surface area (Å²) in [4.78, 5) is 10.6. The van der Waals surface area contributed by atoms with Gasteiger partial charge in [0.15, 0.2) is 6.29 Å². The smallest absolute Gasteiger partial charge is 0.150 e. The van der Waals surface area contributed by atoms with Crippen LogP contribution >= 0.6 is 0 Å². The van der Waals surface area contributed by atoms with Crippen LogP contribution in [0.5, 0.6) is 0 Å². The van der Waals surface area contributed by atoms with Crippen molar-refractivity contribution in [2.45, 2.75) is 6.42 Å². The van der Waals surface area contributed by atoms with E-state index in [0.717, 1.165) is 45.5 Å². The van der Waals surface area contributed by atoms with E-state index in [0.29, 0.717) is 0 Å². The van der Waals surface area contributed by atoms with Crippen molar-refractivity contribution < 1.29 is 4.79 Å². The number of benzene rings is 4. The normalized spacial score (nSPS) is 17.9. The molecule has 2 N–H and O–H groups in total. The number of nitrogens with two attached hydrogens (primary N) is 1. The van der Waals surface area contributed by atoms with Crippen LogP contribution in [0.15, 0.2) is 109 Å². The number of allylic oxidation sites excluding steroid dienone is 4. The number of nitrogen functional groups attached to an aromatic ring is 1. The van der Waals surface area contributed by atoms with Crippen LogP contribution in [0.25, 0.3) is 21.5 Å². The zero-order valence-corrected chi connectivity index (χ0v) is 16.8. The second-order valence-corrected chi connectivity index (χ2v) is 7.59. The number of hydrogen-bond donors (Lipinski definition) is 1. The molecule has 2 aliphatic carbocycles. The molecule has 0 radical (unpaired) electrons.